The predicted octanol–water partition coefficient (Wildman–Crippen LogP) is 4.76. The zero-order chi connectivity index (χ0) is 25.1. The van der Waals surface area contributed by atoms with E-state index in [4.69, 9.17) is 0 Å². The second kappa shape index (κ2) is 9.79. The van der Waals surface area contributed by atoms with Gasteiger partial charge < -0.3 is 10.6 Å². The number of aryl methyl sites for hydroxylation is 1. The van der Waals surface area contributed by atoms with Gasteiger partial charge in [-0.15, -0.1) is 11.3 Å². The summed E-state index contributed by atoms with van der Waals surface area (Å²) >= 11 is 1.54. The smallest absolute Gasteiger partial charge is 0.326 e. The molecule has 0 radical (unpaired) electrons. The fourth-order valence-corrected chi connectivity index (χ4v) is 5.34. The number of carbonyl (C=O) groups excluding carboxylic acids is 3. The molecule has 1 aliphatic rings. The summed E-state index contributed by atoms with van der Waals surface area (Å²) in [5.41, 5.74) is 1.91. The molecule has 2 N–H and O–H groups in total. The highest BCUT2D eigenvalue weighted by atomic mass is 32.1. The van der Waals surface area contributed by atoms with Crippen LogP contribution in [0.25, 0.3) is 0 Å². The van der Waals surface area contributed by atoms with Crippen molar-refractivity contribution in [1.29, 1.82) is 0 Å². The summed E-state index contributed by atoms with van der Waals surface area (Å²) < 4.78 is 0. The number of amides is 4. The van der Waals surface area contributed by atoms with Crippen LogP contribution in [0.15, 0.2) is 102 Å². The van der Waals surface area contributed by atoms with Crippen LogP contribution in [0.4, 0.5) is 4.79 Å². The molecule has 1 unspecified atom stereocenters. The third-order valence-electron chi connectivity index (χ3n) is 6.36. The van der Waals surface area contributed by atoms with Crippen molar-refractivity contribution in [1.82, 2.24) is 15.5 Å². The Bertz CT molecular complexity index is 1330. The molecule has 1 aromatic heterocycles. The van der Waals surface area contributed by atoms with Gasteiger partial charge in [-0.3, -0.25) is 14.5 Å². The van der Waals surface area contributed by atoms with Gasteiger partial charge >= 0.3 is 6.03 Å². The number of urea groups is 1. The molecule has 0 spiro atoms. The fourth-order valence-electron chi connectivity index (χ4n) is 4.54. The lowest BCUT2D eigenvalue weighted by molar-refractivity contribution is -0.134. The quantitative estimate of drug-likeness (QED) is 0.363. The first-order valence-corrected chi connectivity index (χ1v) is 12.5. The van der Waals surface area contributed by atoms with Crippen molar-refractivity contribution in [3.63, 3.8) is 0 Å². The second-order valence-corrected chi connectivity index (χ2v) is 9.71. The number of benzene rings is 3. The van der Waals surface area contributed by atoms with Gasteiger partial charge in [0.25, 0.3) is 5.91 Å². The summed E-state index contributed by atoms with van der Waals surface area (Å²) in [7, 11) is 0. The Morgan fingerprint density at radius 3 is 2.06 bits per heavy atom. The summed E-state index contributed by atoms with van der Waals surface area (Å²) in [5.74, 6) is -0.905. The van der Waals surface area contributed by atoms with E-state index in [0.29, 0.717) is 11.1 Å². The SMILES string of the molecule is Cc1ccc(C(NC(=O)CN2C(=O)NC(c3ccccc3)(c3ccccc3)C2=O)c2cccs2)cc1. The Morgan fingerprint density at radius 2 is 1.50 bits per heavy atom. The molecular formula is C29H25N3O3S. The maximum absolute atomic E-state index is 13.9. The molecule has 1 saturated heterocycles. The summed E-state index contributed by atoms with van der Waals surface area (Å²) in [6, 6.07) is 29.0. The number of rotatable bonds is 7. The highest BCUT2D eigenvalue weighted by Crippen LogP contribution is 2.36. The van der Waals surface area contributed by atoms with Crippen LogP contribution >= 0.6 is 11.3 Å². The second-order valence-electron chi connectivity index (χ2n) is 8.73. The van der Waals surface area contributed by atoms with Crippen LogP contribution < -0.4 is 10.6 Å². The molecule has 0 aliphatic carbocycles. The first kappa shape index (κ1) is 23.5. The number of imide groups is 1. The number of hydrogen-bond acceptors (Lipinski definition) is 4. The largest absolute Gasteiger partial charge is 0.343 e. The maximum atomic E-state index is 13.9. The van der Waals surface area contributed by atoms with E-state index in [2.05, 4.69) is 10.6 Å². The van der Waals surface area contributed by atoms with E-state index >= 15 is 0 Å². The minimum atomic E-state index is -1.40. The lowest BCUT2D eigenvalue weighted by atomic mass is 9.82. The van der Waals surface area contributed by atoms with Crippen molar-refractivity contribution in [2.45, 2.75) is 18.5 Å². The van der Waals surface area contributed by atoms with Crippen LogP contribution in [-0.4, -0.2) is 29.3 Å². The molecule has 2 heterocycles. The highest BCUT2D eigenvalue weighted by Gasteiger charge is 2.54. The Labute approximate surface area is 213 Å². The molecule has 7 heteroatoms. The average molecular weight is 496 g/mol. The Kier molecular flexibility index (Phi) is 6.40. The van der Waals surface area contributed by atoms with E-state index < -0.39 is 23.4 Å². The van der Waals surface area contributed by atoms with Crippen LogP contribution in [0, 0.1) is 6.92 Å². The number of carbonyl (C=O) groups is 3. The topological polar surface area (TPSA) is 78.5 Å². The van der Waals surface area contributed by atoms with Gasteiger partial charge in [0, 0.05) is 4.88 Å². The monoisotopic (exact) mass is 495 g/mol. The summed E-state index contributed by atoms with van der Waals surface area (Å²) in [4.78, 5) is 42.2. The molecule has 6 nitrogen and oxygen atoms in total. The number of nitrogens with zero attached hydrogens (tertiary/aromatic N) is 1. The Balaban J connectivity index is 1.43. The molecule has 0 saturated carbocycles. The third kappa shape index (κ3) is 4.29. The van der Waals surface area contributed by atoms with E-state index in [9.17, 15) is 14.4 Å². The maximum Gasteiger partial charge on any atom is 0.326 e. The van der Waals surface area contributed by atoms with Gasteiger partial charge in [0.15, 0.2) is 5.54 Å². The van der Waals surface area contributed by atoms with Crippen LogP contribution in [0.3, 0.4) is 0 Å². The van der Waals surface area contributed by atoms with Crippen molar-refractivity contribution in [2.75, 3.05) is 6.54 Å². The molecular weight excluding hydrogens is 470 g/mol. The van der Waals surface area contributed by atoms with E-state index in [1.54, 1.807) is 24.3 Å². The van der Waals surface area contributed by atoms with Gasteiger partial charge in [0.2, 0.25) is 5.91 Å². The first-order chi connectivity index (χ1) is 17.5. The normalized spacial score (nSPS) is 15.4. The molecule has 4 amide bonds. The minimum Gasteiger partial charge on any atom is -0.343 e. The Morgan fingerprint density at radius 1 is 0.889 bits per heavy atom. The molecule has 0 bridgehead atoms. The third-order valence-corrected chi connectivity index (χ3v) is 7.30. The van der Waals surface area contributed by atoms with E-state index in [0.717, 1.165) is 20.9 Å². The van der Waals surface area contributed by atoms with Crippen molar-refractivity contribution in [3.05, 3.63) is 130 Å². The lowest BCUT2D eigenvalue weighted by Gasteiger charge is -2.28. The molecule has 36 heavy (non-hydrogen) atoms. The number of hydrogen-bond donors (Lipinski definition) is 2. The molecule has 180 valence electrons. The van der Waals surface area contributed by atoms with Crippen molar-refractivity contribution in [2.24, 2.45) is 0 Å². The van der Waals surface area contributed by atoms with Gasteiger partial charge in [0.1, 0.15) is 6.54 Å². The van der Waals surface area contributed by atoms with E-state index in [1.807, 2.05) is 85.1 Å². The average Bonchev–Trinajstić information content (AvgIpc) is 3.52. The van der Waals surface area contributed by atoms with E-state index in [-0.39, 0.29) is 12.6 Å². The van der Waals surface area contributed by atoms with Crippen molar-refractivity contribution < 1.29 is 14.4 Å². The van der Waals surface area contributed by atoms with E-state index in [1.165, 1.54) is 11.3 Å². The summed E-state index contributed by atoms with van der Waals surface area (Å²) in [5, 5.41) is 7.86. The minimum absolute atomic E-state index is 0.383. The van der Waals surface area contributed by atoms with Crippen LogP contribution in [-0.2, 0) is 15.1 Å². The van der Waals surface area contributed by atoms with Gasteiger partial charge in [-0.1, -0.05) is 96.6 Å². The van der Waals surface area contributed by atoms with Crippen molar-refractivity contribution in [3.8, 4) is 0 Å². The zero-order valence-corrected chi connectivity index (χ0v) is 20.5. The zero-order valence-electron chi connectivity index (χ0n) is 19.7. The number of nitrogens with one attached hydrogen (secondary N) is 2. The standard InChI is InChI=1S/C29H25N3O3S/c1-20-14-16-21(17-15-20)26(24-13-8-18-36-24)30-25(33)19-32-27(34)29(31-28(32)35,22-9-4-2-5-10-22)23-11-6-3-7-12-23/h2-18,26H,19H2,1H3,(H,30,33)(H,31,35). The van der Waals surface area contributed by atoms with Crippen LogP contribution in [0.5, 0.6) is 0 Å². The van der Waals surface area contributed by atoms with Crippen molar-refractivity contribution >= 4 is 29.2 Å². The Hall–Kier alpha value is -4.23. The first-order valence-electron chi connectivity index (χ1n) is 11.6. The van der Waals surface area contributed by atoms with Gasteiger partial charge in [-0.2, -0.15) is 0 Å². The van der Waals surface area contributed by atoms with Gasteiger partial charge in [-0.05, 0) is 35.1 Å². The summed E-state index contributed by atoms with van der Waals surface area (Å²) in [6.45, 7) is 1.62. The van der Waals surface area contributed by atoms with Gasteiger partial charge in [0.05, 0.1) is 6.04 Å². The van der Waals surface area contributed by atoms with Crippen LogP contribution in [0.1, 0.15) is 33.2 Å². The molecule has 1 fully saturated rings. The molecule has 1 atom stereocenters. The number of thiophene rings is 1. The lowest BCUT2D eigenvalue weighted by Crippen LogP contribution is -2.46. The van der Waals surface area contributed by atoms with Gasteiger partial charge in [-0.25, -0.2) is 4.79 Å². The highest BCUT2D eigenvalue weighted by molar-refractivity contribution is 7.10. The molecule has 5 rings (SSSR count). The molecule has 4 aromatic rings. The fraction of sp³-hybridized carbons (Fsp3) is 0.138. The van der Waals surface area contributed by atoms with Crippen LogP contribution in [0.2, 0.25) is 0 Å². The molecule has 3 aromatic carbocycles. The molecule has 1 aliphatic heterocycles. The predicted molar refractivity (Wildman–Crippen MR) is 139 cm³/mol. The summed E-state index contributed by atoms with van der Waals surface area (Å²) in [6.07, 6.45) is 0.